The monoisotopic (exact) mass is 208 g/mol. The molecule has 0 aliphatic rings. The van der Waals surface area contributed by atoms with Gasteiger partial charge >= 0.3 is 0 Å². The number of aromatic nitrogens is 1. The van der Waals surface area contributed by atoms with Crippen molar-refractivity contribution in [3.63, 3.8) is 0 Å². The zero-order chi connectivity index (χ0) is 11.3. The van der Waals surface area contributed by atoms with Crippen LogP contribution in [-0.2, 0) is 6.54 Å². The average molecular weight is 208 g/mol. The van der Waals surface area contributed by atoms with Crippen LogP contribution in [0.3, 0.4) is 0 Å². The van der Waals surface area contributed by atoms with E-state index in [1.54, 1.807) is 0 Å². The van der Waals surface area contributed by atoms with Crippen molar-refractivity contribution in [1.82, 2.24) is 10.3 Å². The molecule has 0 atom stereocenters. The van der Waals surface area contributed by atoms with Gasteiger partial charge in [0.05, 0.1) is 0 Å². The molecule has 0 fully saturated rings. The molecule has 0 amide bonds. The highest BCUT2D eigenvalue weighted by Crippen LogP contribution is 2.19. The van der Waals surface area contributed by atoms with E-state index in [1.807, 2.05) is 12.3 Å². The van der Waals surface area contributed by atoms with Crippen molar-refractivity contribution in [2.45, 2.75) is 34.2 Å². The second-order valence-electron chi connectivity index (χ2n) is 4.98. The molecule has 0 bridgehead atoms. The highest BCUT2D eigenvalue weighted by Gasteiger charge is 2.16. The summed E-state index contributed by atoms with van der Waals surface area (Å²) >= 11 is 0. The van der Waals surface area contributed by atoms with Crippen LogP contribution in [0.1, 0.15) is 33.4 Å². The van der Waals surface area contributed by atoms with Gasteiger partial charge in [-0.05, 0) is 36.4 Å². The van der Waals surface area contributed by atoms with E-state index in [0.717, 1.165) is 30.8 Å². The lowest BCUT2D eigenvalue weighted by atomic mass is 9.85. The van der Waals surface area contributed by atoms with Gasteiger partial charge in [-0.15, -0.1) is 0 Å². The Labute approximate surface area is 93.5 Å². The SMILES string of the molecule is CC(C)C(CNCc1ccc[nH]1)C(C)C. The summed E-state index contributed by atoms with van der Waals surface area (Å²) in [6, 6.07) is 4.16. The first-order valence-electron chi connectivity index (χ1n) is 5.94. The van der Waals surface area contributed by atoms with Crippen molar-refractivity contribution < 1.29 is 0 Å². The summed E-state index contributed by atoms with van der Waals surface area (Å²) in [7, 11) is 0. The van der Waals surface area contributed by atoms with E-state index < -0.39 is 0 Å². The Bertz CT molecular complexity index is 242. The molecule has 0 aliphatic carbocycles. The molecule has 0 aliphatic heterocycles. The molecule has 1 rings (SSSR count). The number of hydrogen-bond donors (Lipinski definition) is 2. The average Bonchev–Trinajstić information content (AvgIpc) is 2.63. The van der Waals surface area contributed by atoms with E-state index in [9.17, 15) is 0 Å². The predicted octanol–water partition coefficient (Wildman–Crippen LogP) is 3.03. The summed E-state index contributed by atoms with van der Waals surface area (Å²) in [4.78, 5) is 3.21. The lowest BCUT2D eigenvalue weighted by molar-refractivity contribution is 0.275. The van der Waals surface area contributed by atoms with Crippen LogP contribution in [0.4, 0.5) is 0 Å². The van der Waals surface area contributed by atoms with Gasteiger partial charge in [0.15, 0.2) is 0 Å². The minimum Gasteiger partial charge on any atom is -0.364 e. The Morgan fingerprint density at radius 2 is 1.87 bits per heavy atom. The third-order valence-corrected chi connectivity index (χ3v) is 3.07. The topological polar surface area (TPSA) is 27.8 Å². The molecule has 2 N–H and O–H groups in total. The van der Waals surface area contributed by atoms with E-state index in [4.69, 9.17) is 0 Å². The van der Waals surface area contributed by atoms with E-state index in [-0.39, 0.29) is 0 Å². The number of H-pyrrole nitrogens is 1. The molecule has 15 heavy (non-hydrogen) atoms. The van der Waals surface area contributed by atoms with Gasteiger partial charge in [-0.3, -0.25) is 0 Å². The third kappa shape index (κ3) is 4.08. The van der Waals surface area contributed by atoms with E-state index in [2.05, 4.69) is 44.1 Å². The van der Waals surface area contributed by atoms with Crippen LogP contribution in [0, 0.1) is 17.8 Å². The van der Waals surface area contributed by atoms with E-state index in [0.29, 0.717) is 0 Å². The van der Waals surface area contributed by atoms with Crippen LogP contribution in [-0.4, -0.2) is 11.5 Å². The van der Waals surface area contributed by atoms with Crippen molar-refractivity contribution >= 4 is 0 Å². The normalized spacial score (nSPS) is 11.9. The van der Waals surface area contributed by atoms with Crippen molar-refractivity contribution in [1.29, 1.82) is 0 Å². The van der Waals surface area contributed by atoms with E-state index in [1.165, 1.54) is 5.69 Å². The molecule has 0 saturated carbocycles. The zero-order valence-electron chi connectivity index (χ0n) is 10.4. The van der Waals surface area contributed by atoms with Gasteiger partial charge < -0.3 is 10.3 Å². The minimum absolute atomic E-state index is 0.751. The third-order valence-electron chi connectivity index (χ3n) is 3.07. The Kier molecular flexibility index (Phi) is 4.89. The number of nitrogens with one attached hydrogen (secondary N) is 2. The molecule has 0 aromatic carbocycles. The number of hydrogen-bond acceptors (Lipinski definition) is 1. The second kappa shape index (κ2) is 5.96. The maximum Gasteiger partial charge on any atom is 0.0357 e. The molecule has 86 valence electrons. The van der Waals surface area contributed by atoms with Crippen molar-refractivity contribution in [3.05, 3.63) is 24.0 Å². The fraction of sp³-hybridized carbons (Fsp3) is 0.692. The lowest BCUT2D eigenvalue weighted by Gasteiger charge is -2.25. The summed E-state index contributed by atoms with van der Waals surface area (Å²) < 4.78 is 0. The second-order valence-corrected chi connectivity index (χ2v) is 4.98. The van der Waals surface area contributed by atoms with Gasteiger partial charge in [-0.1, -0.05) is 27.7 Å². The summed E-state index contributed by atoms with van der Waals surface area (Å²) in [5.41, 5.74) is 1.27. The maximum atomic E-state index is 3.52. The largest absolute Gasteiger partial charge is 0.364 e. The highest BCUT2D eigenvalue weighted by molar-refractivity contribution is 5.02. The van der Waals surface area contributed by atoms with Crippen LogP contribution in [0.5, 0.6) is 0 Å². The first-order valence-corrected chi connectivity index (χ1v) is 5.94. The minimum atomic E-state index is 0.751. The number of rotatable bonds is 6. The molecule has 1 aromatic heterocycles. The van der Waals surface area contributed by atoms with Crippen molar-refractivity contribution in [2.24, 2.45) is 17.8 Å². The van der Waals surface area contributed by atoms with Gasteiger partial charge in [0.1, 0.15) is 0 Å². The predicted molar refractivity (Wildman–Crippen MR) is 65.7 cm³/mol. The summed E-state index contributed by atoms with van der Waals surface area (Å²) in [5, 5.41) is 3.52. The molecule has 1 aromatic rings. The van der Waals surface area contributed by atoms with Crippen LogP contribution >= 0.6 is 0 Å². The van der Waals surface area contributed by atoms with Crippen LogP contribution in [0.25, 0.3) is 0 Å². The van der Waals surface area contributed by atoms with Gasteiger partial charge in [0, 0.05) is 18.4 Å². The van der Waals surface area contributed by atoms with Crippen molar-refractivity contribution in [3.8, 4) is 0 Å². The summed E-state index contributed by atoms with van der Waals surface area (Å²) in [6.07, 6.45) is 1.97. The smallest absolute Gasteiger partial charge is 0.0357 e. The van der Waals surface area contributed by atoms with Gasteiger partial charge in [0.25, 0.3) is 0 Å². The van der Waals surface area contributed by atoms with Gasteiger partial charge in [-0.2, -0.15) is 0 Å². The fourth-order valence-corrected chi connectivity index (χ4v) is 2.09. The van der Waals surface area contributed by atoms with Crippen LogP contribution in [0.15, 0.2) is 18.3 Å². The van der Waals surface area contributed by atoms with Gasteiger partial charge in [-0.25, -0.2) is 0 Å². The molecular weight excluding hydrogens is 184 g/mol. The van der Waals surface area contributed by atoms with Gasteiger partial charge in [0.2, 0.25) is 0 Å². The first kappa shape index (κ1) is 12.3. The quantitative estimate of drug-likeness (QED) is 0.739. The summed E-state index contributed by atoms with van der Waals surface area (Å²) in [5.74, 6) is 2.27. The summed E-state index contributed by atoms with van der Waals surface area (Å²) in [6.45, 7) is 11.3. The number of aromatic amines is 1. The Morgan fingerprint density at radius 1 is 1.20 bits per heavy atom. The molecular formula is C13H24N2. The zero-order valence-corrected chi connectivity index (χ0v) is 10.4. The van der Waals surface area contributed by atoms with Crippen LogP contribution in [0.2, 0.25) is 0 Å². The molecule has 2 heteroatoms. The lowest BCUT2D eigenvalue weighted by Crippen LogP contribution is -2.29. The standard InChI is InChI=1S/C13H24N2/c1-10(2)13(11(3)4)9-14-8-12-6-5-7-15-12/h5-7,10-11,13-15H,8-9H2,1-4H3. The van der Waals surface area contributed by atoms with Crippen molar-refractivity contribution in [2.75, 3.05) is 6.54 Å². The molecule has 0 radical (unpaired) electrons. The molecule has 0 unspecified atom stereocenters. The Morgan fingerprint density at radius 3 is 2.33 bits per heavy atom. The molecule has 1 heterocycles. The Balaban J connectivity index is 2.28. The van der Waals surface area contributed by atoms with E-state index >= 15 is 0 Å². The Hall–Kier alpha value is -0.760. The maximum absolute atomic E-state index is 3.52. The van der Waals surface area contributed by atoms with Crippen LogP contribution < -0.4 is 5.32 Å². The highest BCUT2D eigenvalue weighted by atomic mass is 14.9. The fourth-order valence-electron chi connectivity index (χ4n) is 2.09. The molecule has 2 nitrogen and oxygen atoms in total. The molecule has 0 spiro atoms. The first-order chi connectivity index (χ1) is 7.11. The molecule has 0 saturated heterocycles.